The maximum absolute atomic E-state index is 12.7. The first-order valence-electron chi connectivity index (χ1n) is 10.9. The van der Waals surface area contributed by atoms with Gasteiger partial charge in [-0.05, 0) is 62.9 Å². The van der Waals surface area contributed by atoms with E-state index in [1.165, 1.54) is 5.56 Å². The van der Waals surface area contributed by atoms with Gasteiger partial charge in [-0.15, -0.1) is 0 Å². The van der Waals surface area contributed by atoms with E-state index < -0.39 is 5.60 Å². The van der Waals surface area contributed by atoms with Crippen LogP contribution in [0, 0.1) is 13.8 Å². The lowest BCUT2D eigenvalue weighted by molar-refractivity contribution is 0.0351. The van der Waals surface area contributed by atoms with Crippen LogP contribution in [-0.2, 0) is 7.05 Å². The third-order valence-electron chi connectivity index (χ3n) is 6.42. The highest BCUT2D eigenvalue weighted by molar-refractivity contribution is 5.75. The van der Waals surface area contributed by atoms with Crippen molar-refractivity contribution < 1.29 is 5.11 Å². The molecule has 0 bridgehead atoms. The van der Waals surface area contributed by atoms with Crippen LogP contribution in [0.25, 0.3) is 11.3 Å². The topological polar surface area (TPSA) is 96.4 Å². The Labute approximate surface area is 188 Å². The third-order valence-corrected chi connectivity index (χ3v) is 6.42. The van der Waals surface area contributed by atoms with Crippen LogP contribution in [0.5, 0.6) is 0 Å². The van der Waals surface area contributed by atoms with Gasteiger partial charge in [-0.25, -0.2) is 4.98 Å². The van der Waals surface area contributed by atoms with E-state index in [0.29, 0.717) is 24.2 Å². The molecule has 7 nitrogen and oxygen atoms in total. The third kappa shape index (κ3) is 4.34. The summed E-state index contributed by atoms with van der Waals surface area (Å²) in [4.78, 5) is 19.6. The van der Waals surface area contributed by atoms with Gasteiger partial charge in [0.1, 0.15) is 0 Å². The zero-order valence-corrected chi connectivity index (χ0v) is 19.1. The Bertz CT molecular complexity index is 1210. The minimum Gasteiger partial charge on any atom is -0.397 e. The van der Waals surface area contributed by atoms with Crippen molar-refractivity contribution in [3.8, 4) is 11.3 Å². The number of benzene rings is 2. The molecule has 0 amide bonds. The standard InChI is InChI=1S/C25H31N5O2/c1-16-6-5-7-19(17(16)2)21-15-29(4)24(31)23(28-21)27-18-8-9-22(20(26)14-18)30-12-10-25(3,32)11-13-30/h5-9,14-15,32H,10-13,26H2,1-4H3,(H,27,28). The number of hydrogen-bond acceptors (Lipinski definition) is 6. The molecule has 0 unspecified atom stereocenters. The van der Waals surface area contributed by atoms with Crippen LogP contribution in [0.1, 0.15) is 30.9 Å². The first kappa shape index (κ1) is 21.9. The molecule has 0 radical (unpaired) electrons. The van der Waals surface area contributed by atoms with Gasteiger partial charge in [0, 0.05) is 37.6 Å². The number of aryl methyl sites for hydroxylation is 2. The fraction of sp³-hybridized carbons (Fsp3) is 0.360. The lowest BCUT2D eigenvalue weighted by Gasteiger charge is -2.37. The second kappa shape index (κ2) is 8.31. The highest BCUT2D eigenvalue weighted by Gasteiger charge is 2.28. The Morgan fingerprint density at radius 1 is 1.16 bits per heavy atom. The summed E-state index contributed by atoms with van der Waals surface area (Å²) in [5.41, 5.74) is 11.9. The highest BCUT2D eigenvalue weighted by atomic mass is 16.3. The molecule has 0 saturated carbocycles. The maximum Gasteiger partial charge on any atom is 0.293 e. The molecule has 2 heterocycles. The van der Waals surface area contributed by atoms with Crippen molar-refractivity contribution in [2.75, 3.05) is 29.0 Å². The van der Waals surface area contributed by atoms with Gasteiger partial charge in [-0.2, -0.15) is 0 Å². The largest absolute Gasteiger partial charge is 0.397 e. The average Bonchev–Trinajstić information content (AvgIpc) is 2.74. The molecule has 32 heavy (non-hydrogen) atoms. The number of aliphatic hydroxyl groups is 1. The van der Waals surface area contributed by atoms with Crippen molar-refractivity contribution in [3.63, 3.8) is 0 Å². The SMILES string of the molecule is Cc1cccc(-c2cn(C)c(=O)c(Nc3ccc(N4CCC(C)(O)CC4)c(N)c3)n2)c1C. The number of nitrogens with one attached hydrogen (secondary N) is 1. The zero-order chi connectivity index (χ0) is 23.0. The molecule has 168 valence electrons. The summed E-state index contributed by atoms with van der Waals surface area (Å²) in [7, 11) is 1.73. The maximum atomic E-state index is 12.7. The van der Waals surface area contributed by atoms with Crippen LogP contribution < -0.4 is 21.5 Å². The monoisotopic (exact) mass is 433 g/mol. The normalized spacial score (nSPS) is 15.6. The van der Waals surface area contributed by atoms with Gasteiger partial charge in [0.2, 0.25) is 0 Å². The Kier molecular flexibility index (Phi) is 5.69. The summed E-state index contributed by atoms with van der Waals surface area (Å²) in [5.74, 6) is 0.257. The molecule has 1 aliphatic rings. The molecule has 1 aliphatic heterocycles. The highest BCUT2D eigenvalue weighted by Crippen LogP contribution is 2.32. The Morgan fingerprint density at radius 3 is 2.56 bits per heavy atom. The summed E-state index contributed by atoms with van der Waals surface area (Å²) < 4.78 is 1.55. The van der Waals surface area contributed by atoms with E-state index in [1.807, 2.05) is 37.3 Å². The molecule has 7 heteroatoms. The second-order valence-electron chi connectivity index (χ2n) is 9.02. The first-order valence-corrected chi connectivity index (χ1v) is 10.9. The Balaban J connectivity index is 1.62. The summed E-state index contributed by atoms with van der Waals surface area (Å²) in [5, 5.41) is 13.4. The molecule has 0 atom stereocenters. The number of anilines is 4. The van der Waals surface area contributed by atoms with E-state index in [-0.39, 0.29) is 11.4 Å². The van der Waals surface area contributed by atoms with Gasteiger partial charge in [0.05, 0.1) is 22.7 Å². The van der Waals surface area contributed by atoms with Crippen molar-refractivity contribution in [1.82, 2.24) is 9.55 Å². The van der Waals surface area contributed by atoms with Crippen LogP contribution in [0.4, 0.5) is 22.9 Å². The Morgan fingerprint density at radius 2 is 1.88 bits per heavy atom. The summed E-state index contributed by atoms with van der Waals surface area (Å²) in [6, 6.07) is 11.8. The Hall–Kier alpha value is -3.32. The van der Waals surface area contributed by atoms with E-state index >= 15 is 0 Å². The molecule has 1 aromatic heterocycles. The molecular weight excluding hydrogens is 402 g/mol. The van der Waals surface area contributed by atoms with Crippen LogP contribution in [0.3, 0.4) is 0 Å². The fourth-order valence-electron chi connectivity index (χ4n) is 4.13. The molecule has 1 fully saturated rings. The molecular formula is C25H31N5O2. The van der Waals surface area contributed by atoms with E-state index in [1.54, 1.807) is 17.8 Å². The predicted octanol–water partition coefficient (Wildman–Crippen LogP) is 3.74. The van der Waals surface area contributed by atoms with Crippen molar-refractivity contribution in [2.24, 2.45) is 7.05 Å². The van der Waals surface area contributed by atoms with Crippen LogP contribution >= 0.6 is 0 Å². The first-order chi connectivity index (χ1) is 15.1. The lowest BCUT2D eigenvalue weighted by Crippen LogP contribution is -2.42. The van der Waals surface area contributed by atoms with Crippen molar-refractivity contribution in [3.05, 3.63) is 64.1 Å². The number of aromatic nitrogens is 2. The van der Waals surface area contributed by atoms with Gasteiger partial charge in [0.25, 0.3) is 5.56 Å². The average molecular weight is 434 g/mol. The van der Waals surface area contributed by atoms with Crippen molar-refractivity contribution in [1.29, 1.82) is 0 Å². The van der Waals surface area contributed by atoms with E-state index in [0.717, 1.165) is 35.6 Å². The molecule has 3 aromatic rings. The number of hydrogen-bond donors (Lipinski definition) is 3. The molecule has 0 aliphatic carbocycles. The van der Waals surface area contributed by atoms with Crippen LogP contribution in [0.2, 0.25) is 0 Å². The van der Waals surface area contributed by atoms with Crippen LogP contribution in [-0.4, -0.2) is 33.3 Å². The van der Waals surface area contributed by atoms with Gasteiger partial charge >= 0.3 is 0 Å². The van der Waals surface area contributed by atoms with Gasteiger partial charge in [0.15, 0.2) is 5.82 Å². The molecule has 0 spiro atoms. The quantitative estimate of drug-likeness (QED) is 0.543. The van der Waals surface area contributed by atoms with Gasteiger partial charge < -0.3 is 25.6 Å². The smallest absolute Gasteiger partial charge is 0.293 e. The molecule has 4 N–H and O–H groups in total. The predicted molar refractivity (Wildman–Crippen MR) is 131 cm³/mol. The van der Waals surface area contributed by atoms with E-state index in [9.17, 15) is 9.90 Å². The number of nitrogens with zero attached hydrogens (tertiary/aromatic N) is 3. The molecule has 4 rings (SSSR count). The van der Waals surface area contributed by atoms with Crippen molar-refractivity contribution >= 4 is 22.9 Å². The second-order valence-corrected chi connectivity index (χ2v) is 9.02. The summed E-state index contributed by atoms with van der Waals surface area (Å²) in [6.45, 7) is 7.51. The number of nitrogen functional groups attached to an aromatic ring is 1. The van der Waals surface area contributed by atoms with Crippen molar-refractivity contribution in [2.45, 2.75) is 39.2 Å². The minimum atomic E-state index is -0.612. The van der Waals surface area contributed by atoms with Crippen LogP contribution in [0.15, 0.2) is 47.4 Å². The summed E-state index contributed by atoms with van der Waals surface area (Å²) in [6.07, 6.45) is 3.17. The molecule has 2 aromatic carbocycles. The van der Waals surface area contributed by atoms with Gasteiger partial charge in [-0.3, -0.25) is 4.79 Å². The molecule has 1 saturated heterocycles. The minimum absolute atomic E-state index is 0.208. The number of nitrogens with two attached hydrogens (primary N) is 1. The van der Waals surface area contributed by atoms with Gasteiger partial charge in [-0.1, -0.05) is 18.2 Å². The fourth-order valence-corrected chi connectivity index (χ4v) is 4.13. The summed E-state index contributed by atoms with van der Waals surface area (Å²) >= 11 is 0. The number of piperidine rings is 1. The van der Waals surface area contributed by atoms with E-state index in [2.05, 4.69) is 35.1 Å². The van der Waals surface area contributed by atoms with E-state index in [4.69, 9.17) is 5.73 Å². The zero-order valence-electron chi connectivity index (χ0n) is 19.1. The number of rotatable bonds is 4. The lowest BCUT2D eigenvalue weighted by atomic mass is 9.93.